The van der Waals surface area contributed by atoms with Gasteiger partial charge in [-0.15, -0.1) is 0 Å². The van der Waals surface area contributed by atoms with Crippen LogP contribution in [0, 0.1) is 5.95 Å². The first kappa shape index (κ1) is 14.2. The average molecular weight is 299 g/mol. The van der Waals surface area contributed by atoms with Gasteiger partial charge in [-0.05, 0) is 29.7 Å². The van der Waals surface area contributed by atoms with E-state index in [-0.39, 0.29) is 11.5 Å². The van der Waals surface area contributed by atoms with Crippen LogP contribution in [0.3, 0.4) is 0 Å². The van der Waals surface area contributed by atoms with Gasteiger partial charge in [-0.2, -0.15) is 4.39 Å². The van der Waals surface area contributed by atoms with Gasteiger partial charge in [0.1, 0.15) is 6.04 Å². The van der Waals surface area contributed by atoms with Gasteiger partial charge in [0.25, 0.3) is 5.91 Å². The summed E-state index contributed by atoms with van der Waals surface area (Å²) >= 11 is 0. The van der Waals surface area contributed by atoms with E-state index in [0.717, 1.165) is 23.4 Å². The van der Waals surface area contributed by atoms with E-state index in [4.69, 9.17) is 5.73 Å². The van der Waals surface area contributed by atoms with Crippen molar-refractivity contribution in [3.8, 4) is 0 Å². The van der Waals surface area contributed by atoms with Crippen LogP contribution in [-0.4, -0.2) is 28.2 Å². The molecule has 0 bridgehead atoms. The molecule has 1 aromatic carbocycles. The van der Waals surface area contributed by atoms with Crippen molar-refractivity contribution in [3.63, 3.8) is 0 Å². The molecule has 0 saturated heterocycles. The van der Waals surface area contributed by atoms with Gasteiger partial charge < -0.3 is 10.6 Å². The summed E-state index contributed by atoms with van der Waals surface area (Å²) in [6.45, 7) is 0.376. The highest BCUT2D eigenvalue weighted by atomic mass is 19.1. The molecule has 3 rings (SSSR count). The molecule has 112 valence electrons. The fraction of sp³-hybridized carbons (Fsp3) is 0.188. The molecule has 6 heteroatoms. The van der Waals surface area contributed by atoms with E-state index in [1.807, 2.05) is 18.2 Å². The lowest BCUT2D eigenvalue weighted by molar-refractivity contribution is -0.123. The molecule has 0 saturated carbocycles. The number of hydrogen-bond acceptors (Lipinski definition) is 3. The molecule has 1 atom stereocenters. The number of halogens is 1. The van der Waals surface area contributed by atoms with Crippen LogP contribution in [-0.2, 0) is 11.2 Å². The number of pyridine rings is 1. The number of carbonyl (C=O) groups is 2. The van der Waals surface area contributed by atoms with Crippen LogP contribution in [0.15, 0.2) is 42.6 Å². The Kier molecular flexibility index (Phi) is 3.58. The molecule has 0 aliphatic carbocycles. The van der Waals surface area contributed by atoms with Crippen molar-refractivity contribution in [3.05, 3.63) is 65.2 Å². The fourth-order valence-electron chi connectivity index (χ4n) is 2.76. The first-order valence-corrected chi connectivity index (χ1v) is 6.87. The highest BCUT2D eigenvalue weighted by molar-refractivity contribution is 5.97. The van der Waals surface area contributed by atoms with E-state index < -0.39 is 17.9 Å². The molecular formula is C16H14FN3O2. The Morgan fingerprint density at radius 2 is 2.00 bits per heavy atom. The van der Waals surface area contributed by atoms with E-state index in [1.54, 1.807) is 6.07 Å². The summed E-state index contributed by atoms with van der Waals surface area (Å²) < 4.78 is 12.9. The summed E-state index contributed by atoms with van der Waals surface area (Å²) in [6.07, 6.45) is 1.80. The minimum Gasteiger partial charge on any atom is -0.368 e. The maximum atomic E-state index is 12.9. The molecule has 1 unspecified atom stereocenters. The van der Waals surface area contributed by atoms with E-state index >= 15 is 0 Å². The third kappa shape index (κ3) is 2.43. The molecule has 5 nitrogen and oxygen atoms in total. The minimum absolute atomic E-state index is 0.229. The second-order valence-electron chi connectivity index (χ2n) is 5.12. The maximum absolute atomic E-state index is 12.9. The molecule has 2 amide bonds. The lowest BCUT2D eigenvalue weighted by Gasteiger charge is -2.35. The molecule has 1 aliphatic heterocycles. The fourth-order valence-corrected chi connectivity index (χ4v) is 2.76. The van der Waals surface area contributed by atoms with Crippen LogP contribution in [0.2, 0.25) is 0 Å². The van der Waals surface area contributed by atoms with Crippen LogP contribution < -0.4 is 5.73 Å². The number of fused-ring (bicyclic) bond motifs is 1. The molecule has 2 heterocycles. The van der Waals surface area contributed by atoms with Gasteiger partial charge in [-0.1, -0.05) is 24.3 Å². The largest absolute Gasteiger partial charge is 0.368 e. The van der Waals surface area contributed by atoms with Crippen molar-refractivity contribution in [2.75, 3.05) is 6.54 Å². The standard InChI is InChI=1S/C16H14FN3O2/c17-13-6-5-11(9-19-13)16(22)20-8-7-10-3-1-2-4-12(10)14(20)15(18)21/h1-6,9,14H,7-8H2,(H2,18,21). The molecule has 2 aromatic rings. The van der Waals surface area contributed by atoms with Crippen LogP contribution >= 0.6 is 0 Å². The van der Waals surface area contributed by atoms with E-state index in [1.165, 1.54) is 11.0 Å². The SMILES string of the molecule is NC(=O)C1c2ccccc2CCN1C(=O)c1ccc(F)nc1. The Morgan fingerprint density at radius 3 is 2.68 bits per heavy atom. The summed E-state index contributed by atoms with van der Waals surface area (Å²) in [7, 11) is 0. The molecule has 0 radical (unpaired) electrons. The molecular weight excluding hydrogens is 285 g/mol. The third-order valence-electron chi connectivity index (χ3n) is 3.79. The zero-order valence-electron chi connectivity index (χ0n) is 11.7. The molecule has 22 heavy (non-hydrogen) atoms. The Labute approximate surface area is 126 Å². The summed E-state index contributed by atoms with van der Waals surface area (Å²) in [5, 5.41) is 0. The number of nitrogens with two attached hydrogens (primary N) is 1. The monoisotopic (exact) mass is 299 g/mol. The summed E-state index contributed by atoms with van der Waals surface area (Å²) in [5.41, 5.74) is 7.48. The van der Waals surface area contributed by atoms with Crippen molar-refractivity contribution in [2.24, 2.45) is 5.73 Å². The van der Waals surface area contributed by atoms with Crippen molar-refractivity contribution in [1.29, 1.82) is 0 Å². The van der Waals surface area contributed by atoms with Gasteiger partial charge in [-0.25, -0.2) is 4.98 Å². The predicted octanol–water partition coefficient (Wildman–Crippen LogP) is 1.45. The third-order valence-corrected chi connectivity index (χ3v) is 3.79. The number of aromatic nitrogens is 1. The molecule has 0 fully saturated rings. The van der Waals surface area contributed by atoms with Crippen molar-refractivity contribution in [1.82, 2.24) is 9.88 Å². The summed E-state index contributed by atoms with van der Waals surface area (Å²) in [6, 6.07) is 9.07. The highest BCUT2D eigenvalue weighted by Crippen LogP contribution is 2.30. The van der Waals surface area contributed by atoms with E-state index in [0.29, 0.717) is 13.0 Å². The van der Waals surface area contributed by atoms with Crippen molar-refractivity contribution >= 4 is 11.8 Å². The Hall–Kier alpha value is -2.76. The smallest absolute Gasteiger partial charge is 0.256 e. The van der Waals surface area contributed by atoms with Crippen molar-refractivity contribution in [2.45, 2.75) is 12.5 Å². The maximum Gasteiger partial charge on any atom is 0.256 e. The van der Waals surface area contributed by atoms with E-state index in [2.05, 4.69) is 4.98 Å². The number of benzene rings is 1. The molecule has 1 aromatic heterocycles. The highest BCUT2D eigenvalue weighted by Gasteiger charge is 2.34. The number of hydrogen-bond donors (Lipinski definition) is 1. The van der Waals surface area contributed by atoms with Gasteiger partial charge in [-0.3, -0.25) is 9.59 Å². The topological polar surface area (TPSA) is 76.3 Å². The zero-order valence-corrected chi connectivity index (χ0v) is 11.7. The van der Waals surface area contributed by atoms with Gasteiger partial charge in [0, 0.05) is 12.7 Å². The van der Waals surface area contributed by atoms with Crippen LogP contribution in [0.1, 0.15) is 27.5 Å². The number of nitrogens with zero attached hydrogens (tertiary/aromatic N) is 2. The van der Waals surface area contributed by atoms with E-state index in [9.17, 15) is 14.0 Å². The van der Waals surface area contributed by atoms with Crippen LogP contribution in [0.4, 0.5) is 4.39 Å². The number of primary amides is 1. The normalized spacial score (nSPS) is 17.0. The second-order valence-corrected chi connectivity index (χ2v) is 5.12. The Bertz CT molecular complexity index is 730. The van der Waals surface area contributed by atoms with Gasteiger partial charge in [0.2, 0.25) is 11.9 Å². The second kappa shape index (κ2) is 5.55. The molecule has 2 N–H and O–H groups in total. The van der Waals surface area contributed by atoms with Gasteiger partial charge >= 0.3 is 0 Å². The minimum atomic E-state index is -0.817. The summed E-state index contributed by atoms with van der Waals surface area (Å²) in [5.74, 6) is -1.63. The summed E-state index contributed by atoms with van der Waals surface area (Å²) in [4.78, 5) is 29.4. The van der Waals surface area contributed by atoms with Gasteiger partial charge in [0.15, 0.2) is 0 Å². The molecule has 1 aliphatic rings. The zero-order chi connectivity index (χ0) is 15.7. The molecule has 0 spiro atoms. The Balaban J connectivity index is 1.98. The number of carbonyl (C=O) groups excluding carboxylic acids is 2. The lowest BCUT2D eigenvalue weighted by atomic mass is 9.91. The quantitative estimate of drug-likeness (QED) is 0.853. The Morgan fingerprint density at radius 1 is 1.23 bits per heavy atom. The van der Waals surface area contributed by atoms with Gasteiger partial charge in [0.05, 0.1) is 5.56 Å². The first-order valence-electron chi connectivity index (χ1n) is 6.87. The van der Waals surface area contributed by atoms with Crippen LogP contribution in [0.25, 0.3) is 0 Å². The number of rotatable bonds is 2. The first-order chi connectivity index (χ1) is 10.6. The predicted molar refractivity (Wildman–Crippen MR) is 77.3 cm³/mol. The average Bonchev–Trinajstić information content (AvgIpc) is 2.53. The van der Waals surface area contributed by atoms with Crippen molar-refractivity contribution < 1.29 is 14.0 Å². The number of amides is 2. The lowest BCUT2D eigenvalue weighted by Crippen LogP contribution is -2.45. The van der Waals surface area contributed by atoms with Crippen LogP contribution in [0.5, 0.6) is 0 Å².